The van der Waals surface area contributed by atoms with Crippen molar-refractivity contribution in [2.24, 2.45) is 0 Å². The van der Waals surface area contributed by atoms with Gasteiger partial charge in [-0.25, -0.2) is 4.39 Å². The number of carbonyl (C=O) groups excluding carboxylic acids is 1. The van der Waals surface area contributed by atoms with E-state index in [1.807, 2.05) is 0 Å². The number of phenolic OH excluding ortho intramolecular Hbond substituents is 1. The van der Waals surface area contributed by atoms with E-state index in [-0.39, 0.29) is 28.3 Å². The largest absolute Gasteiger partial charge is 0.505 e. The first kappa shape index (κ1) is 13.4. The summed E-state index contributed by atoms with van der Waals surface area (Å²) >= 11 is 0. The summed E-state index contributed by atoms with van der Waals surface area (Å²) in [6.07, 6.45) is 0. The number of amides is 1. The molecule has 2 aromatic carbocycles. The highest BCUT2D eigenvalue weighted by molar-refractivity contribution is 6.07. The second-order valence-corrected chi connectivity index (χ2v) is 4.00. The maximum absolute atomic E-state index is 13.0. The fourth-order valence-electron chi connectivity index (χ4n) is 1.65. The number of carbonyl (C=O) groups is 1. The Kier molecular flexibility index (Phi) is 3.53. The quantitative estimate of drug-likeness (QED) is 0.576. The second-order valence-electron chi connectivity index (χ2n) is 4.00. The van der Waals surface area contributed by atoms with Crippen molar-refractivity contribution in [3.8, 4) is 11.8 Å². The summed E-state index contributed by atoms with van der Waals surface area (Å²) in [6, 6.07) is 9.53. The Balaban J connectivity index is 2.33. The first-order valence-corrected chi connectivity index (χ1v) is 5.61. The lowest BCUT2D eigenvalue weighted by molar-refractivity contribution is 0.102. The van der Waals surface area contributed by atoms with Crippen molar-refractivity contribution in [1.29, 1.82) is 5.26 Å². The summed E-state index contributed by atoms with van der Waals surface area (Å²) in [4.78, 5) is 12.0. The summed E-state index contributed by atoms with van der Waals surface area (Å²) < 4.78 is 13.0. The van der Waals surface area contributed by atoms with Gasteiger partial charge in [-0.05, 0) is 30.3 Å². The molecule has 1 amide bonds. The van der Waals surface area contributed by atoms with Crippen LogP contribution in [0.3, 0.4) is 0 Å². The Hall–Kier alpha value is -3.07. The van der Waals surface area contributed by atoms with Crippen molar-refractivity contribution < 1.29 is 14.3 Å². The van der Waals surface area contributed by atoms with E-state index in [1.165, 1.54) is 24.3 Å². The molecule has 4 N–H and O–H groups in total. The van der Waals surface area contributed by atoms with Gasteiger partial charge in [0.2, 0.25) is 0 Å². The summed E-state index contributed by atoms with van der Waals surface area (Å²) in [5, 5.41) is 21.0. The van der Waals surface area contributed by atoms with E-state index >= 15 is 0 Å². The number of phenols is 1. The van der Waals surface area contributed by atoms with Gasteiger partial charge in [0, 0.05) is 0 Å². The zero-order valence-electron chi connectivity index (χ0n) is 10.2. The molecule has 0 saturated heterocycles. The van der Waals surface area contributed by atoms with Crippen molar-refractivity contribution in [3.63, 3.8) is 0 Å². The normalized spacial score (nSPS) is 9.80. The van der Waals surface area contributed by atoms with Gasteiger partial charge in [0.15, 0.2) is 5.75 Å². The average Bonchev–Trinajstić information content (AvgIpc) is 2.43. The van der Waals surface area contributed by atoms with Gasteiger partial charge < -0.3 is 16.2 Å². The van der Waals surface area contributed by atoms with Crippen LogP contribution in [-0.2, 0) is 0 Å². The van der Waals surface area contributed by atoms with Crippen molar-refractivity contribution in [2.45, 2.75) is 0 Å². The molecule has 100 valence electrons. The minimum absolute atomic E-state index is 0.0123. The Bertz CT molecular complexity index is 723. The SMILES string of the molecule is N#Cc1cc(F)ccc1NC(=O)c1cccc(N)c1O. The number of nitrogens with one attached hydrogen (secondary N) is 1. The molecule has 0 spiro atoms. The molecule has 2 aromatic rings. The van der Waals surface area contributed by atoms with Crippen LogP contribution in [0.25, 0.3) is 0 Å². The fraction of sp³-hybridized carbons (Fsp3) is 0. The van der Waals surface area contributed by atoms with Crippen LogP contribution in [0, 0.1) is 17.1 Å². The molecule has 0 saturated carbocycles. The monoisotopic (exact) mass is 271 g/mol. The van der Waals surface area contributed by atoms with Crippen molar-refractivity contribution in [3.05, 3.63) is 53.3 Å². The molecule has 0 bridgehead atoms. The fourth-order valence-corrected chi connectivity index (χ4v) is 1.65. The third kappa shape index (κ3) is 2.52. The smallest absolute Gasteiger partial charge is 0.259 e. The number of anilines is 2. The molecule has 2 rings (SSSR count). The third-order valence-corrected chi connectivity index (χ3v) is 2.66. The van der Waals surface area contributed by atoms with Gasteiger partial charge in [0.1, 0.15) is 11.9 Å². The Morgan fingerprint density at radius 3 is 2.80 bits per heavy atom. The standard InChI is InChI=1S/C14H10FN3O2/c15-9-4-5-12(8(6-9)7-16)18-14(20)10-2-1-3-11(17)13(10)19/h1-6,19H,17H2,(H,18,20). The van der Waals surface area contributed by atoms with E-state index in [2.05, 4.69) is 5.32 Å². The predicted molar refractivity (Wildman–Crippen MR) is 71.6 cm³/mol. The van der Waals surface area contributed by atoms with E-state index < -0.39 is 11.7 Å². The molecule has 0 aromatic heterocycles. The maximum Gasteiger partial charge on any atom is 0.259 e. The van der Waals surface area contributed by atoms with Gasteiger partial charge in [-0.3, -0.25) is 4.79 Å². The lowest BCUT2D eigenvalue weighted by Crippen LogP contribution is -2.13. The highest BCUT2D eigenvalue weighted by Gasteiger charge is 2.14. The van der Waals surface area contributed by atoms with Crippen LogP contribution < -0.4 is 11.1 Å². The zero-order valence-corrected chi connectivity index (χ0v) is 10.2. The number of nitriles is 1. The molecule has 0 aliphatic rings. The van der Waals surface area contributed by atoms with Crippen LogP contribution >= 0.6 is 0 Å². The highest BCUT2D eigenvalue weighted by atomic mass is 19.1. The number of nitrogens with two attached hydrogens (primary N) is 1. The van der Waals surface area contributed by atoms with Gasteiger partial charge in [0.05, 0.1) is 22.5 Å². The molecular weight excluding hydrogens is 261 g/mol. The summed E-state index contributed by atoms with van der Waals surface area (Å²) in [7, 11) is 0. The minimum atomic E-state index is -0.641. The van der Waals surface area contributed by atoms with E-state index in [1.54, 1.807) is 6.07 Å². The topological polar surface area (TPSA) is 99.1 Å². The van der Waals surface area contributed by atoms with Crippen molar-refractivity contribution in [2.75, 3.05) is 11.1 Å². The number of halogens is 1. The number of para-hydroxylation sites is 1. The van der Waals surface area contributed by atoms with E-state index in [0.717, 1.165) is 12.1 Å². The first-order valence-electron chi connectivity index (χ1n) is 5.61. The zero-order chi connectivity index (χ0) is 14.7. The van der Waals surface area contributed by atoms with Crippen LogP contribution in [0.15, 0.2) is 36.4 Å². The molecule has 0 heterocycles. The number of benzene rings is 2. The molecular formula is C14H10FN3O2. The number of hydrogen-bond donors (Lipinski definition) is 3. The molecule has 0 fully saturated rings. The molecule has 0 aliphatic carbocycles. The third-order valence-electron chi connectivity index (χ3n) is 2.66. The van der Waals surface area contributed by atoms with Gasteiger partial charge in [-0.1, -0.05) is 6.07 Å². The molecule has 20 heavy (non-hydrogen) atoms. The molecule has 0 unspecified atom stereocenters. The van der Waals surface area contributed by atoms with Gasteiger partial charge in [-0.2, -0.15) is 5.26 Å². The molecule has 0 atom stereocenters. The van der Waals surface area contributed by atoms with E-state index in [4.69, 9.17) is 11.0 Å². The number of nitrogens with zero attached hydrogens (tertiary/aromatic N) is 1. The Morgan fingerprint density at radius 1 is 1.35 bits per heavy atom. The van der Waals surface area contributed by atoms with Crippen molar-refractivity contribution >= 4 is 17.3 Å². The summed E-state index contributed by atoms with van der Waals surface area (Å²) in [5.41, 5.74) is 5.67. The van der Waals surface area contributed by atoms with Gasteiger partial charge >= 0.3 is 0 Å². The van der Waals surface area contributed by atoms with E-state index in [9.17, 15) is 14.3 Å². The Labute approximate surface area is 114 Å². The summed E-state index contributed by atoms with van der Waals surface area (Å²) in [6.45, 7) is 0. The lowest BCUT2D eigenvalue weighted by Gasteiger charge is -2.09. The summed E-state index contributed by atoms with van der Waals surface area (Å²) in [5.74, 6) is -1.56. The molecule has 0 radical (unpaired) electrons. The molecule has 5 nitrogen and oxygen atoms in total. The van der Waals surface area contributed by atoms with Crippen LogP contribution in [-0.4, -0.2) is 11.0 Å². The molecule has 0 aliphatic heterocycles. The predicted octanol–water partition coefficient (Wildman–Crippen LogP) is 2.24. The van der Waals surface area contributed by atoms with E-state index in [0.29, 0.717) is 0 Å². The average molecular weight is 271 g/mol. The van der Waals surface area contributed by atoms with Crippen molar-refractivity contribution in [1.82, 2.24) is 0 Å². The second kappa shape index (κ2) is 5.28. The number of hydrogen-bond acceptors (Lipinski definition) is 4. The molecule has 6 heteroatoms. The van der Waals surface area contributed by atoms with Crippen LogP contribution in [0.1, 0.15) is 15.9 Å². The van der Waals surface area contributed by atoms with Crippen LogP contribution in [0.2, 0.25) is 0 Å². The van der Waals surface area contributed by atoms with Crippen LogP contribution in [0.4, 0.5) is 15.8 Å². The maximum atomic E-state index is 13.0. The van der Waals surface area contributed by atoms with Gasteiger partial charge in [-0.15, -0.1) is 0 Å². The number of aromatic hydroxyl groups is 1. The minimum Gasteiger partial charge on any atom is -0.505 e. The van der Waals surface area contributed by atoms with Gasteiger partial charge in [0.25, 0.3) is 5.91 Å². The van der Waals surface area contributed by atoms with Crippen LogP contribution in [0.5, 0.6) is 5.75 Å². The highest BCUT2D eigenvalue weighted by Crippen LogP contribution is 2.26. The first-order chi connectivity index (χ1) is 9.52. The lowest BCUT2D eigenvalue weighted by atomic mass is 10.1. The Morgan fingerprint density at radius 2 is 2.10 bits per heavy atom. The number of nitrogen functional groups attached to an aromatic ring is 1. The number of rotatable bonds is 2.